The maximum atomic E-state index is 6.49. The van der Waals surface area contributed by atoms with Gasteiger partial charge in [0.1, 0.15) is 11.2 Å². The molecule has 0 radical (unpaired) electrons. The van der Waals surface area contributed by atoms with Gasteiger partial charge in [-0.2, -0.15) is 0 Å². The Morgan fingerprint density at radius 1 is 0.273 bits per heavy atom. The molecular formula is C64H41NO. The smallest absolute Gasteiger partial charge is 0.137 e. The molecule has 13 aromatic rings. The quantitative estimate of drug-likeness (QED) is 0.149. The third kappa shape index (κ3) is 6.18. The summed E-state index contributed by atoms with van der Waals surface area (Å²) in [5.41, 5.74) is 14.5. The van der Waals surface area contributed by atoms with Crippen LogP contribution < -0.4 is 4.90 Å². The molecule has 0 aliphatic carbocycles. The van der Waals surface area contributed by atoms with Crippen LogP contribution in [0.15, 0.2) is 253 Å². The molecule has 0 N–H and O–H groups in total. The van der Waals surface area contributed by atoms with Gasteiger partial charge >= 0.3 is 0 Å². The maximum absolute atomic E-state index is 6.49. The lowest BCUT2D eigenvalue weighted by Gasteiger charge is -2.27. The van der Waals surface area contributed by atoms with Crippen LogP contribution in [0.5, 0.6) is 0 Å². The minimum Gasteiger partial charge on any atom is -0.456 e. The fourth-order valence-corrected chi connectivity index (χ4v) is 10.5. The molecule has 0 spiro atoms. The number of para-hydroxylation sites is 1. The van der Waals surface area contributed by atoms with Gasteiger partial charge in [-0.05, 0) is 142 Å². The summed E-state index contributed by atoms with van der Waals surface area (Å²) in [6.45, 7) is 0. The Bertz CT molecular complexity index is 3980. The lowest BCUT2D eigenvalue weighted by molar-refractivity contribution is 0.669. The topological polar surface area (TPSA) is 16.4 Å². The maximum Gasteiger partial charge on any atom is 0.137 e. The number of nitrogens with zero attached hydrogens (tertiary/aromatic N) is 1. The Morgan fingerprint density at radius 2 is 0.803 bits per heavy atom. The lowest BCUT2D eigenvalue weighted by Crippen LogP contribution is -2.10. The van der Waals surface area contributed by atoms with Crippen LogP contribution in [0, 0.1) is 0 Å². The molecule has 1 heterocycles. The van der Waals surface area contributed by atoms with Crippen LogP contribution in [-0.4, -0.2) is 0 Å². The summed E-state index contributed by atoms with van der Waals surface area (Å²) in [4.78, 5) is 2.40. The van der Waals surface area contributed by atoms with E-state index >= 15 is 0 Å². The van der Waals surface area contributed by atoms with E-state index in [-0.39, 0.29) is 0 Å². The van der Waals surface area contributed by atoms with E-state index in [4.69, 9.17) is 4.42 Å². The SMILES string of the molecule is c1ccc(-c2c(-c3ccccc3)c3cc(-c4cccc(N(c5ccc(-c6cc7ccccc7c7ccccc67)cc5)c5cccc6oc7ccccc7c56)c4)ccc3c3ccccc23)cc1. The number of rotatable bonds is 7. The minimum atomic E-state index is 0.860. The molecule has 308 valence electrons. The molecule has 2 nitrogen and oxygen atoms in total. The van der Waals surface area contributed by atoms with Crippen LogP contribution >= 0.6 is 0 Å². The van der Waals surface area contributed by atoms with Crippen LogP contribution in [0.25, 0.3) is 110 Å². The highest BCUT2D eigenvalue weighted by atomic mass is 16.3. The van der Waals surface area contributed by atoms with Gasteiger partial charge in [0.25, 0.3) is 0 Å². The van der Waals surface area contributed by atoms with Gasteiger partial charge in [-0.1, -0.05) is 194 Å². The second-order valence-corrected chi connectivity index (χ2v) is 17.2. The molecule has 2 heteroatoms. The van der Waals surface area contributed by atoms with E-state index in [0.717, 1.165) is 50.1 Å². The Labute approximate surface area is 382 Å². The fraction of sp³-hybridized carbons (Fsp3) is 0. The molecule has 0 amide bonds. The van der Waals surface area contributed by atoms with Crippen LogP contribution in [-0.2, 0) is 0 Å². The Balaban J connectivity index is 1.01. The van der Waals surface area contributed by atoms with Crippen LogP contribution in [0.2, 0.25) is 0 Å². The van der Waals surface area contributed by atoms with Crippen molar-refractivity contribution in [3.63, 3.8) is 0 Å². The summed E-state index contributed by atoms with van der Waals surface area (Å²) < 4.78 is 6.49. The van der Waals surface area contributed by atoms with E-state index < -0.39 is 0 Å². The van der Waals surface area contributed by atoms with Gasteiger partial charge in [-0.25, -0.2) is 0 Å². The average Bonchev–Trinajstić information content (AvgIpc) is 3.78. The molecule has 0 unspecified atom stereocenters. The molecule has 1 aromatic heterocycles. The summed E-state index contributed by atoms with van der Waals surface area (Å²) in [6, 6.07) is 90.3. The number of hydrogen-bond donors (Lipinski definition) is 0. The van der Waals surface area contributed by atoms with Crippen molar-refractivity contribution in [3.8, 4) is 44.5 Å². The van der Waals surface area contributed by atoms with Gasteiger partial charge in [0.2, 0.25) is 0 Å². The molecule has 0 fully saturated rings. The van der Waals surface area contributed by atoms with Crippen LogP contribution in [0.1, 0.15) is 0 Å². The zero-order valence-electron chi connectivity index (χ0n) is 36.0. The second kappa shape index (κ2) is 15.5. The first-order chi connectivity index (χ1) is 32.7. The normalized spacial score (nSPS) is 11.6. The van der Waals surface area contributed by atoms with E-state index in [9.17, 15) is 0 Å². The van der Waals surface area contributed by atoms with Crippen molar-refractivity contribution in [2.24, 2.45) is 0 Å². The standard InChI is InChI=1S/C64H41NO/c1-3-17-43(18-4-1)62-55-28-12-11-26-52(55)54-38-35-46(40-58(54)63(62)44-19-5-2-6-20-44)45-22-15-23-49(39-45)65(59-30-16-32-61-64(59)56-29-13-14-31-60(56)66-61)48-36-33-42(34-37-48)57-41-47-21-7-8-24-50(47)51-25-9-10-27-53(51)57/h1-41H. The highest BCUT2D eigenvalue weighted by Gasteiger charge is 2.22. The largest absolute Gasteiger partial charge is 0.456 e. The van der Waals surface area contributed by atoms with E-state index in [2.05, 4.69) is 248 Å². The number of benzene rings is 12. The van der Waals surface area contributed by atoms with Crippen molar-refractivity contribution in [1.82, 2.24) is 0 Å². The van der Waals surface area contributed by atoms with Crippen molar-refractivity contribution < 1.29 is 4.42 Å². The molecule has 0 saturated carbocycles. The zero-order valence-corrected chi connectivity index (χ0v) is 36.0. The first-order valence-electron chi connectivity index (χ1n) is 22.7. The van der Waals surface area contributed by atoms with E-state index in [0.29, 0.717) is 0 Å². The zero-order chi connectivity index (χ0) is 43.6. The third-order valence-corrected chi connectivity index (χ3v) is 13.4. The minimum absolute atomic E-state index is 0.860. The number of fused-ring (bicyclic) bond motifs is 9. The Hall–Kier alpha value is -8.72. The van der Waals surface area contributed by atoms with Crippen molar-refractivity contribution in [2.75, 3.05) is 4.90 Å². The molecule has 0 aliphatic rings. The van der Waals surface area contributed by atoms with Gasteiger partial charge < -0.3 is 9.32 Å². The van der Waals surface area contributed by atoms with Crippen molar-refractivity contribution in [1.29, 1.82) is 0 Å². The number of furan rings is 1. The molecule has 13 rings (SSSR count). The highest BCUT2D eigenvalue weighted by Crippen LogP contribution is 2.48. The van der Waals surface area contributed by atoms with Gasteiger partial charge in [-0.3, -0.25) is 0 Å². The summed E-state index contributed by atoms with van der Waals surface area (Å²) >= 11 is 0. The fourth-order valence-electron chi connectivity index (χ4n) is 10.5. The monoisotopic (exact) mass is 839 g/mol. The Kier molecular flexibility index (Phi) is 8.89. The molecule has 12 aromatic carbocycles. The van der Waals surface area contributed by atoms with Crippen molar-refractivity contribution in [3.05, 3.63) is 249 Å². The molecule has 0 bridgehead atoms. The predicted molar refractivity (Wildman–Crippen MR) is 280 cm³/mol. The Morgan fingerprint density at radius 3 is 1.56 bits per heavy atom. The van der Waals surface area contributed by atoms with Gasteiger partial charge in [-0.15, -0.1) is 0 Å². The first kappa shape index (κ1) is 37.8. The van der Waals surface area contributed by atoms with Gasteiger partial charge in [0, 0.05) is 16.8 Å². The molecular weight excluding hydrogens is 799 g/mol. The van der Waals surface area contributed by atoms with Gasteiger partial charge in [0.15, 0.2) is 0 Å². The molecule has 66 heavy (non-hydrogen) atoms. The highest BCUT2D eigenvalue weighted by molar-refractivity contribution is 6.22. The number of hydrogen-bond acceptors (Lipinski definition) is 2. The summed E-state index contributed by atoms with van der Waals surface area (Å²) in [6.07, 6.45) is 0. The van der Waals surface area contributed by atoms with E-state index in [1.807, 2.05) is 6.07 Å². The molecule has 0 aliphatic heterocycles. The van der Waals surface area contributed by atoms with E-state index in [1.54, 1.807) is 0 Å². The first-order valence-corrected chi connectivity index (χ1v) is 22.7. The summed E-state index contributed by atoms with van der Waals surface area (Å²) in [7, 11) is 0. The lowest BCUT2D eigenvalue weighted by atomic mass is 9.84. The summed E-state index contributed by atoms with van der Waals surface area (Å²) in [5, 5.41) is 12.2. The molecule has 0 saturated heterocycles. The van der Waals surface area contributed by atoms with Crippen LogP contribution in [0.4, 0.5) is 17.1 Å². The number of anilines is 3. The second-order valence-electron chi connectivity index (χ2n) is 17.2. The van der Waals surface area contributed by atoms with Crippen molar-refractivity contribution in [2.45, 2.75) is 0 Å². The van der Waals surface area contributed by atoms with Crippen LogP contribution in [0.3, 0.4) is 0 Å². The average molecular weight is 840 g/mol. The summed E-state index contributed by atoms with van der Waals surface area (Å²) in [5.74, 6) is 0. The van der Waals surface area contributed by atoms with Crippen molar-refractivity contribution >= 4 is 82.1 Å². The van der Waals surface area contributed by atoms with E-state index in [1.165, 1.54) is 76.5 Å². The van der Waals surface area contributed by atoms with Gasteiger partial charge in [0.05, 0.1) is 11.1 Å². The molecule has 0 atom stereocenters. The predicted octanol–water partition coefficient (Wildman–Crippen LogP) is 18.3. The third-order valence-electron chi connectivity index (χ3n) is 13.4.